The molecule has 1 unspecified atom stereocenters. The van der Waals surface area contributed by atoms with Crippen LogP contribution in [0.2, 0.25) is 0 Å². The van der Waals surface area contributed by atoms with Crippen LogP contribution in [0.25, 0.3) is 0 Å². The van der Waals surface area contributed by atoms with Crippen LogP contribution in [-0.2, 0) is 6.42 Å². The second-order valence-corrected chi connectivity index (χ2v) is 5.11. The second-order valence-electron chi connectivity index (χ2n) is 5.11. The topological polar surface area (TPSA) is 22.1 Å². The first-order valence-electron chi connectivity index (χ1n) is 6.89. The maximum Gasteiger partial charge on any atom is 0.387 e. The van der Waals surface area contributed by atoms with Gasteiger partial charge in [-0.1, -0.05) is 34.6 Å². The molecule has 0 aliphatic rings. The van der Waals surface area contributed by atoms with Crippen molar-refractivity contribution in [2.24, 2.45) is 0 Å². The highest BCUT2D eigenvalue weighted by molar-refractivity contribution is 5.40. The van der Waals surface area contributed by atoms with E-state index in [0.717, 1.165) is 23.4 Å². The van der Waals surface area contributed by atoms with Crippen LogP contribution in [-0.4, -0.2) is 11.6 Å². The summed E-state index contributed by atoms with van der Waals surface area (Å²) in [5.41, 5.74) is 2.50. The molecule has 0 aliphatic heterocycles. The Labute approximate surface area is 114 Å². The molecule has 0 amide bonds. The number of nitrogens with zero attached hydrogens (tertiary/aromatic N) is 1. The van der Waals surface area contributed by atoms with Gasteiger partial charge in [-0.05, 0) is 24.7 Å². The van der Waals surface area contributed by atoms with Crippen molar-refractivity contribution in [1.82, 2.24) is 4.98 Å². The van der Waals surface area contributed by atoms with Crippen molar-refractivity contribution in [3.05, 3.63) is 23.0 Å². The van der Waals surface area contributed by atoms with Gasteiger partial charge in [-0.15, -0.1) is 0 Å². The van der Waals surface area contributed by atoms with Gasteiger partial charge < -0.3 is 4.74 Å². The molecule has 0 radical (unpaired) electrons. The number of hydrogen-bond donors (Lipinski definition) is 0. The summed E-state index contributed by atoms with van der Waals surface area (Å²) in [6.45, 7) is 7.29. The van der Waals surface area contributed by atoms with Crippen LogP contribution in [0.4, 0.5) is 8.78 Å². The van der Waals surface area contributed by atoms with E-state index in [4.69, 9.17) is 0 Å². The molecule has 19 heavy (non-hydrogen) atoms. The van der Waals surface area contributed by atoms with Crippen LogP contribution >= 0.6 is 0 Å². The van der Waals surface area contributed by atoms with E-state index >= 15 is 0 Å². The van der Waals surface area contributed by atoms with Crippen molar-refractivity contribution < 1.29 is 13.5 Å². The number of ether oxygens (including phenoxy) is 1. The molecule has 4 heteroatoms. The van der Waals surface area contributed by atoms with Gasteiger partial charge in [0.15, 0.2) is 0 Å². The second kappa shape index (κ2) is 6.83. The quantitative estimate of drug-likeness (QED) is 0.735. The normalized spacial score (nSPS) is 13.1. The van der Waals surface area contributed by atoms with Gasteiger partial charge in [-0.25, -0.2) is 0 Å². The zero-order valence-electron chi connectivity index (χ0n) is 12.3. The minimum Gasteiger partial charge on any atom is -0.434 e. The Morgan fingerprint density at radius 3 is 2.26 bits per heavy atom. The predicted octanol–water partition coefficient (Wildman–Crippen LogP) is 4.88. The lowest BCUT2D eigenvalue weighted by atomic mass is 9.97. The first-order valence-corrected chi connectivity index (χ1v) is 6.89. The van der Waals surface area contributed by atoms with Gasteiger partial charge in [0.2, 0.25) is 0 Å². The minimum absolute atomic E-state index is 0.193. The van der Waals surface area contributed by atoms with Gasteiger partial charge in [0.1, 0.15) is 5.75 Å². The van der Waals surface area contributed by atoms with E-state index < -0.39 is 6.61 Å². The van der Waals surface area contributed by atoms with Crippen LogP contribution in [0.5, 0.6) is 5.75 Å². The van der Waals surface area contributed by atoms with E-state index in [9.17, 15) is 8.78 Å². The zero-order chi connectivity index (χ0) is 14.6. The smallest absolute Gasteiger partial charge is 0.387 e. The van der Waals surface area contributed by atoms with Crippen molar-refractivity contribution in [3.8, 4) is 5.75 Å². The summed E-state index contributed by atoms with van der Waals surface area (Å²) >= 11 is 0. The number of rotatable bonds is 6. The van der Waals surface area contributed by atoms with Crippen molar-refractivity contribution in [1.29, 1.82) is 0 Å². The van der Waals surface area contributed by atoms with E-state index in [2.05, 4.69) is 16.6 Å². The Morgan fingerprint density at radius 1 is 1.21 bits per heavy atom. The number of pyridine rings is 1. The van der Waals surface area contributed by atoms with Crippen LogP contribution in [0.3, 0.4) is 0 Å². The molecule has 0 spiro atoms. The summed E-state index contributed by atoms with van der Waals surface area (Å²) in [6.07, 6.45) is 1.56. The van der Waals surface area contributed by atoms with E-state index in [0.29, 0.717) is 6.42 Å². The molecule has 1 atom stereocenters. The fourth-order valence-electron chi connectivity index (χ4n) is 2.08. The lowest BCUT2D eigenvalue weighted by Crippen LogP contribution is -2.11. The molecule has 0 saturated heterocycles. The summed E-state index contributed by atoms with van der Waals surface area (Å²) in [6, 6.07) is 1.67. The highest BCUT2D eigenvalue weighted by Crippen LogP contribution is 2.32. The lowest BCUT2D eigenvalue weighted by Gasteiger charge is -2.19. The predicted molar refractivity (Wildman–Crippen MR) is 73.0 cm³/mol. The third-order valence-electron chi connectivity index (χ3n) is 3.37. The largest absolute Gasteiger partial charge is 0.434 e. The lowest BCUT2D eigenvalue weighted by molar-refractivity contribution is -0.0506. The van der Waals surface area contributed by atoms with Crippen molar-refractivity contribution in [2.45, 2.75) is 65.9 Å². The Balaban J connectivity index is 3.36. The molecule has 0 aliphatic carbocycles. The molecule has 0 fully saturated rings. The van der Waals surface area contributed by atoms with Gasteiger partial charge in [-0.3, -0.25) is 4.98 Å². The van der Waals surface area contributed by atoms with Crippen LogP contribution < -0.4 is 4.74 Å². The number of hydrogen-bond acceptors (Lipinski definition) is 2. The van der Waals surface area contributed by atoms with Gasteiger partial charge in [0, 0.05) is 17.3 Å². The summed E-state index contributed by atoms with van der Waals surface area (Å²) in [5.74, 6) is 0.717. The highest BCUT2D eigenvalue weighted by atomic mass is 19.3. The standard InChI is InChI=1S/C15H23F2NO/c1-6-10(5)12-8-13(19-15(16)17)11(7-2)14(18-12)9(3)4/h8-10,15H,6-7H2,1-5H3. The van der Waals surface area contributed by atoms with Crippen molar-refractivity contribution in [2.75, 3.05) is 0 Å². The molecule has 1 aromatic heterocycles. The Kier molecular flexibility index (Phi) is 5.70. The summed E-state index contributed by atoms with van der Waals surface area (Å²) in [5, 5.41) is 0. The molecular weight excluding hydrogens is 248 g/mol. The van der Waals surface area contributed by atoms with Crippen LogP contribution in [0.1, 0.15) is 69.8 Å². The summed E-state index contributed by atoms with van der Waals surface area (Å²) < 4.78 is 29.8. The van der Waals surface area contributed by atoms with E-state index in [1.807, 2.05) is 27.7 Å². The van der Waals surface area contributed by atoms with E-state index in [1.165, 1.54) is 0 Å². The third-order valence-corrected chi connectivity index (χ3v) is 3.37. The van der Waals surface area contributed by atoms with E-state index in [1.54, 1.807) is 6.07 Å². The molecule has 0 N–H and O–H groups in total. The SMILES string of the molecule is CCc1c(OC(F)F)cc(C(C)CC)nc1C(C)C. The minimum atomic E-state index is -2.79. The molecule has 0 aromatic carbocycles. The summed E-state index contributed by atoms with van der Waals surface area (Å²) in [7, 11) is 0. The number of halogens is 2. The fourth-order valence-corrected chi connectivity index (χ4v) is 2.08. The van der Waals surface area contributed by atoms with E-state index in [-0.39, 0.29) is 17.6 Å². The van der Waals surface area contributed by atoms with Gasteiger partial charge in [0.05, 0.1) is 5.69 Å². The average molecular weight is 271 g/mol. The third kappa shape index (κ3) is 3.88. The molecular formula is C15H23F2NO. The van der Waals surface area contributed by atoms with Gasteiger partial charge in [-0.2, -0.15) is 8.78 Å². The average Bonchev–Trinajstić information content (AvgIpc) is 2.35. The molecule has 1 heterocycles. The Morgan fingerprint density at radius 2 is 1.84 bits per heavy atom. The molecule has 0 bridgehead atoms. The summed E-state index contributed by atoms with van der Waals surface area (Å²) in [4.78, 5) is 4.66. The van der Waals surface area contributed by atoms with Crippen molar-refractivity contribution in [3.63, 3.8) is 0 Å². The molecule has 1 aromatic rings. The van der Waals surface area contributed by atoms with Gasteiger partial charge in [0.25, 0.3) is 0 Å². The molecule has 0 saturated carbocycles. The zero-order valence-corrected chi connectivity index (χ0v) is 12.3. The number of aromatic nitrogens is 1. The van der Waals surface area contributed by atoms with Crippen LogP contribution in [0, 0.1) is 0 Å². The van der Waals surface area contributed by atoms with Gasteiger partial charge >= 0.3 is 6.61 Å². The number of alkyl halides is 2. The first kappa shape index (κ1) is 15.9. The Bertz CT molecular complexity index is 419. The molecule has 1 rings (SSSR count). The monoisotopic (exact) mass is 271 g/mol. The highest BCUT2D eigenvalue weighted by Gasteiger charge is 2.19. The Hall–Kier alpha value is -1.19. The maximum atomic E-state index is 12.5. The molecule has 108 valence electrons. The first-order chi connectivity index (χ1) is 8.90. The van der Waals surface area contributed by atoms with Crippen LogP contribution in [0.15, 0.2) is 6.07 Å². The fraction of sp³-hybridized carbons (Fsp3) is 0.667. The molecule has 2 nitrogen and oxygen atoms in total. The maximum absolute atomic E-state index is 12.5. The van der Waals surface area contributed by atoms with Crippen molar-refractivity contribution >= 4 is 0 Å².